The summed E-state index contributed by atoms with van der Waals surface area (Å²) in [6, 6.07) is 0. The quantitative estimate of drug-likeness (QED) is 0.858. The Morgan fingerprint density at radius 2 is 2.20 bits per heavy atom. The first-order valence-electron chi connectivity index (χ1n) is 7.07. The Hall–Kier alpha value is -1.85. The lowest BCUT2D eigenvalue weighted by Gasteiger charge is -2.27. The summed E-state index contributed by atoms with van der Waals surface area (Å²) in [5.74, 6) is -0.814. The number of nitrogens with zero attached hydrogens (tertiary/aromatic N) is 3. The normalized spacial score (nSPS) is 14.9. The van der Waals surface area contributed by atoms with Gasteiger partial charge in [-0.2, -0.15) is 5.10 Å². The first kappa shape index (κ1) is 14.6. The summed E-state index contributed by atoms with van der Waals surface area (Å²) in [4.78, 5) is 24.9. The van der Waals surface area contributed by atoms with Crippen molar-refractivity contribution in [2.45, 2.75) is 38.5 Å². The van der Waals surface area contributed by atoms with Crippen LogP contribution in [0.15, 0.2) is 6.20 Å². The van der Waals surface area contributed by atoms with E-state index < -0.39 is 5.97 Å². The number of aliphatic carboxylic acids is 1. The number of carboxylic acid groups (broad SMARTS) is 1. The molecule has 1 aliphatic carbocycles. The van der Waals surface area contributed by atoms with Gasteiger partial charge in [0.2, 0.25) is 0 Å². The van der Waals surface area contributed by atoms with Crippen LogP contribution in [0.25, 0.3) is 0 Å². The molecule has 0 saturated heterocycles. The molecule has 0 bridgehead atoms. The Bertz CT molecular complexity index is 506. The second kappa shape index (κ2) is 6.07. The molecule has 20 heavy (non-hydrogen) atoms. The van der Waals surface area contributed by atoms with E-state index in [4.69, 9.17) is 5.11 Å². The molecule has 0 atom stereocenters. The summed E-state index contributed by atoms with van der Waals surface area (Å²) in [6.45, 7) is 2.11. The third kappa shape index (κ3) is 2.84. The minimum atomic E-state index is -0.987. The molecule has 1 fully saturated rings. The number of amides is 1. The van der Waals surface area contributed by atoms with Crippen LogP contribution in [-0.4, -0.2) is 44.8 Å². The second-order valence-corrected chi connectivity index (χ2v) is 5.32. The van der Waals surface area contributed by atoms with E-state index in [9.17, 15) is 9.59 Å². The molecule has 1 heterocycles. The number of carbonyl (C=O) groups is 2. The van der Waals surface area contributed by atoms with Crippen molar-refractivity contribution < 1.29 is 14.7 Å². The number of carboxylic acids is 1. The molecule has 1 saturated carbocycles. The fourth-order valence-corrected chi connectivity index (χ4v) is 2.57. The first-order valence-corrected chi connectivity index (χ1v) is 7.07. The lowest BCUT2D eigenvalue weighted by Crippen LogP contribution is -2.38. The van der Waals surface area contributed by atoms with E-state index in [0.717, 1.165) is 24.8 Å². The minimum Gasteiger partial charge on any atom is -0.480 e. The Balaban J connectivity index is 2.25. The van der Waals surface area contributed by atoms with E-state index in [-0.39, 0.29) is 12.5 Å². The highest BCUT2D eigenvalue weighted by atomic mass is 16.4. The molecule has 2 rings (SSSR count). The van der Waals surface area contributed by atoms with Crippen LogP contribution in [0.1, 0.15) is 54.6 Å². The Morgan fingerprint density at radius 1 is 1.50 bits per heavy atom. The van der Waals surface area contributed by atoms with Crippen LogP contribution in [0, 0.1) is 0 Å². The molecule has 1 amide bonds. The molecule has 0 aromatic carbocycles. The van der Waals surface area contributed by atoms with Crippen molar-refractivity contribution in [1.82, 2.24) is 14.7 Å². The Morgan fingerprint density at radius 3 is 2.70 bits per heavy atom. The molecule has 6 heteroatoms. The van der Waals surface area contributed by atoms with Crippen LogP contribution in [0.2, 0.25) is 0 Å². The molecular weight excluding hydrogens is 258 g/mol. The van der Waals surface area contributed by atoms with Gasteiger partial charge in [0.05, 0.1) is 6.20 Å². The smallest absolute Gasteiger partial charge is 0.323 e. The van der Waals surface area contributed by atoms with Crippen molar-refractivity contribution >= 4 is 11.9 Å². The van der Waals surface area contributed by atoms with Gasteiger partial charge in [0.25, 0.3) is 5.91 Å². The van der Waals surface area contributed by atoms with Crippen molar-refractivity contribution in [3.8, 4) is 0 Å². The zero-order valence-corrected chi connectivity index (χ0v) is 12.0. The van der Waals surface area contributed by atoms with E-state index in [1.165, 1.54) is 11.3 Å². The van der Waals surface area contributed by atoms with Crippen molar-refractivity contribution in [1.29, 1.82) is 0 Å². The Kier molecular flexibility index (Phi) is 4.42. The van der Waals surface area contributed by atoms with E-state index in [1.54, 1.807) is 17.9 Å². The third-order valence-electron chi connectivity index (χ3n) is 3.82. The fourth-order valence-electron chi connectivity index (χ4n) is 2.57. The van der Waals surface area contributed by atoms with Gasteiger partial charge in [-0.05, 0) is 25.2 Å². The molecule has 110 valence electrons. The number of hydrogen-bond acceptors (Lipinski definition) is 3. The van der Waals surface area contributed by atoms with E-state index in [0.29, 0.717) is 18.2 Å². The molecule has 1 N–H and O–H groups in total. The summed E-state index contributed by atoms with van der Waals surface area (Å²) in [6.07, 6.45) is 5.83. The van der Waals surface area contributed by atoms with Gasteiger partial charge in [0, 0.05) is 19.2 Å². The van der Waals surface area contributed by atoms with Crippen molar-refractivity contribution in [2.75, 3.05) is 13.1 Å². The van der Waals surface area contributed by atoms with Gasteiger partial charge < -0.3 is 10.0 Å². The number of aryl methyl sites for hydroxylation is 1. The van der Waals surface area contributed by atoms with Crippen LogP contribution >= 0.6 is 0 Å². The monoisotopic (exact) mass is 279 g/mol. The predicted octanol–water partition coefficient (Wildman–Crippen LogP) is 1.62. The lowest BCUT2D eigenvalue weighted by molar-refractivity contribution is -0.137. The van der Waals surface area contributed by atoms with Gasteiger partial charge in [-0.25, -0.2) is 0 Å². The lowest BCUT2D eigenvalue weighted by atomic mass is 9.80. The molecule has 0 aliphatic heterocycles. The minimum absolute atomic E-state index is 0.226. The fraction of sp³-hybridized carbons (Fsp3) is 0.643. The number of carbonyl (C=O) groups excluding carboxylic acids is 1. The van der Waals surface area contributed by atoms with Crippen LogP contribution in [0.4, 0.5) is 0 Å². The van der Waals surface area contributed by atoms with Gasteiger partial charge in [0.1, 0.15) is 12.2 Å². The first-order chi connectivity index (χ1) is 9.54. The highest BCUT2D eigenvalue weighted by molar-refractivity contribution is 5.95. The van der Waals surface area contributed by atoms with Gasteiger partial charge in [-0.1, -0.05) is 13.3 Å². The number of rotatable bonds is 6. The molecule has 0 spiro atoms. The van der Waals surface area contributed by atoms with E-state index in [2.05, 4.69) is 5.10 Å². The average Bonchev–Trinajstić information content (AvgIpc) is 2.67. The molecule has 1 aliphatic rings. The molecule has 0 radical (unpaired) electrons. The van der Waals surface area contributed by atoms with Gasteiger partial charge in [-0.15, -0.1) is 0 Å². The molecule has 1 aromatic heterocycles. The largest absolute Gasteiger partial charge is 0.480 e. The summed E-state index contributed by atoms with van der Waals surface area (Å²) in [7, 11) is 1.74. The Labute approximate surface area is 118 Å². The summed E-state index contributed by atoms with van der Waals surface area (Å²) in [5.41, 5.74) is 1.51. The zero-order chi connectivity index (χ0) is 14.7. The second-order valence-electron chi connectivity index (χ2n) is 5.32. The van der Waals surface area contributed by atoms with Crippen LogP contribution in [0.3, 0.4) is 0 Å². The van der Waals surface area contributed by atoms with Crippen molar-refractivity contribution in [3.63, 3.8) is 0 Å². The molecule has 0 unspecified atom stereocenters. The standard InChI is InChI=1S/C14H21N3O3/c1-3-7-17(9-12(18)19)14(20)13-11(8-15-16(13)2)10-5-4-6-10/h8,10H,3-7,9H2,1-2H3,(H,18,19). The maximum atomic E-state index is 12.6. The number of aromatic nitrogens is 2. The third-order valence-corrected chi connectivity index (χ3v) is 3.82. The molecule has 1 aromatic rings. The topological polar surface area (TPSA) is 75.4 Å². The zero-order valence-electron chi connectivity index (χ0n) is 12.0. The predicted molar refractivity (Wildman–Crippen MR) is 73.6 cm³/mol. The average molecular weight is 279 g/mol. The van der Waals surface area contributed by atoms with Gasteiger partial charge >= 0.3 is 5.97 Å². The maximum absolute atomic E-state index is 12.6. The highest BCUT2D eigenvalue weighted by Crippen LogP contribution is 2.38. The van der Waals surface area contributed by atoms with Crippen LogP contribution < -0.4 is 0 Å². The summed E-state index contributed by atoms with van der Waals surface area (Å²) >= 11 is 0. The maximum Gasteiger partial charge on any atom is 0.323 e. The SMILES string of the molecule is CCCN(CC(=O)O)C(=O)c1c(C2CCC2)cnn1C. The van der Waals surface area contributed by atoms with Gasteiger partial charge in [0.15, 0.2) is 0 Å². The van der Waals surface area contributed by atoms with Crippen LogP contribution in [0.5, 0.6) is 0 Å². The molecular formula is C14H21N3O3. The summed E-state index contributed by atoms with van der Waals surface area (Å²) in [5, 5.41) is 13.1. The van der Waals surface area contributed by atoms with E-state index >= 15 is 0 Å². The number of hydrogen-bond donors (Lipinski definition) is 1. The molecule has 6 nitrogen and oxygen atoms in total. The van der Waals surface area contributed by atoms with Crippen LogP contribution in [-0.2, 0) is 11.8 Å². The highest BCUT2D eigenvalue weighted by Gasteiger charge is 2.30. The van der Waals surface area contributed by atoms with E-state index in [1.807, 2.05) is 6.92 Å². The van der Waals surface area contributed by atoms with Crippen molar-refractivity contribution in [3.05, 3.63) is 17.5 Å². The van der Waals surface area contributed by atoms with Crippen molar-refractivity contribution in [2.24, 2.45) is 7.05 Å². The van der Waals surface area contributed by atoms with Gasteiger partial charge in [-0.3, -0.25) is 14.3 Å². The summed E-state index contributed by atoms with van der Waals surface area (Å²) < 4.78 is 1.57.